The highest BCUT2D eigenvalue weighted by molar-refractivity contribution is 5.80. The third kappa shape index (κ3) is 5.71. The molecule has 2 aliphatic heterocycles. The zero-order valence-electron chi connectivity index (χ0n) is 17.9. The Labute approximate surface area is 171 Å². The maximum absolute atomic E-state index is 5.20. The van der Waals surface area contributed by atoms with Crippen molar-refractivity contribution in [2.75, 3.05) is 60.0 Å². The lowest BCUT2D eigenvalue weighted by molar-refractivity contribution is 0.120. The summed E-state index contributed by atoms with van der Waals surface area (Å²) < 4.78 is 5.20. The predicted molar refractivity (Wildman–Crippen MR) is 117 cm³/mol. The molecule has 0 aliphatic carbocycles. The van der Waals surface area contributed by atoms with Crippen LogP contribution in [0.1, 0.15) is 37.7 Å². The molecule has 1 N–H and O–H groups in total. The van der Waals surface area contributed by atoms with Crippen molar-refractivity contribution < 1.29 is 4.74 Å². The van der Waals surface area contributed by atoms with Crippen LogP contribution in [0.25, 0.3) is 0 Å². The van der Waals surface area contributed by atoms with E-state index in [4.69, 9.17) is 4.74 Å². The van der Waals surface area contributed by atoms with E-state index >= 15 is 0 Å². The molecule has 2 saturated heterocycles. The molecule has 2 fully saturated rings. The Morgan fingerprint density at radius 1 is 1.14 bits per heavy atom. The van der Waals surface area contributed by atoms with Gasteiger partial charge in [0.1, 0.15) is 0 Å². The first-order chi connectivity index (χ1) is 13.7. The van der Waals surface area contributed by atoms with E-state index in [1.54, 1.807) is 7.11 Å². The monoisotopic (exact) mass is 386 g/mol. The second-order valence-electron chi connectivity index (χ2n) is 8.44. The number of guanidine groups is 1. The lowest BCUT2D eigenvalue weighted by atomic mass is 9.82. The molecule has 5 nitrogen and oxygen atoms in total. The molecule has 156 valence electrons. The molecule has 0 radical (unpaired) electrons. The van der Waals surface area contributed by atoms with Crippen molar-refractivity contribution in [3.05, 3.63) is 35.9 Å². The molecule has 0 spiro atoms. The Kier molecular flexibility index (Phi) is 8.16. The van der Waals surface area contributed by atoms with Gasteiger partial charge < -0.3 is 19.9 Å². The molecule has 0 bridgehead atoms. The summed E-state index contributed by atoms with van der Waals surface area (Å²) in [5, 5.41) is 3.67. The standard InChI is InChI=1S/C23H38N4O/c1-19-18-27(14-11-22(19)21-7-5-4-6-8-21)23(24-2)25-17-20-9-12-26(13-10-20)15-16-28-3/h4-8,19-20,22H,9-18H2,1-3H3,(H,24,25). The summed E-state index contributed by atoms with van der Waals surface area (Å²) in [5.74, 6) is 3.13. The van der Waals surface area contributed by atoms with Gasteiger partial charge in [0, 0.05) is 40.3 Å². The van der Waals surface area contributed by atoms with Gasteiger partial charge in [0.25, 0.3) is 0 Å². The smallest absolute Gasteiger partial charge is 0.193 e. The van der Waals surface area contributed by atoms with Gasteiger partial charge in [-0.2, -0.15) is 0 Å². The van der Waals surface area contributed by atoms with Crippen molar-refractivity contribution in [3.63, 3.8) is 0 Å². The minimum atomic E-state index is 0.638. The van der Waals surface area contributed by atoms with E-state index in [1.165, 1.54) is 37.9 Å². The minimum absolute atomic E-state index is 0.638. The zero-order chi connectivity index (χ0) is 19.8. The lowest BCUT2D eigenvalue weighted by Crippen LogP contribution is -2.49. The third-order valence-corrected chi connectivity index (χ3v) is 6.51. The molecule has 2 aliphatic rings. The fourth-order valence-corrected chi connectivity index (χ4v) is 4.74. The van der Waals surface area contributed by atoms with Crippen molar-refractivity contribution in [2.45, 2.75) is 32.1 Å². The molecule has 0 aromatic heterocycles. The van der Waals surface area contributed by atoms with Crippen molar-refractivity contribution >= 4 is 5.96 Å². The Bertz CT molecular complexity index is 598. The van der Waals surface area contributed by atoms with Crippen LogP contribution in [0.15, 0.2) is 35.3 Å². The summed E-state index contributed by atoms with van der Waals surface area (Å²) in [6.07, 6.45) is 3.73. The van der Waals surface area contributed by atoms with Crippen LogP contribution in [0.4, 0.5) is 0 Å². The maximum atomic E-state index is 5.20. The highest BCUT2D eigenvalue weighted by Gasteiger charge is 2.29. The number of hydrogen-bond donors (Lipinski definition) is 1. The molecule has 1 aromatic rings. The van der Waals surface area contributed by atoms with Gasteiger partial charge in [-0.3, -0.25) is 4.99 Å². The molecule has 0 saturated carbocycles. The van der Waals surface area contributed by atoms with Crippen LogP contribution in [0.2, 0.25) is 0 Å². The van der Waals surface area contributed by atoms with Gasteiger partial charge >= 0.3 is 0 Å². The average molecular weight is 387 g/mol. The van der Waals surface area contributed by atoms with E-state index in [2.05, 4.69) is 57.4 Å². The highest BCUT2D eigenvalue weighted by atomic mass is 16.5. The summed E-state index contributed by atoms with van der Waals surface area (Å²) in [5.41, 5.74) is 1.48. The second kappa shape index (κ2) is 10.8. The van der Waals surface area contributed by atoms with E-state index in [9.17, 15) is 0 Å². The number of piperidine rings is 2. The number of nitrogens with zero attached hydrogens (tertiary/aromatic N) is 3. The number of aliphatic imine (C=N–C) groups is 1. The summed E-state index contributed by atoms with van der Waals surface area (Å²) >= 11 is 0. The van der Waals surface area contributed by atoms with Gasteiger partial charge in [0.05, 0.1) is 6.61 Å². The molecule has 0 amide bonds. The quantitative estimate of drug-likeness (QED) is 0.603. The van der Waals surface area contributed by atoms with Gasteiger partial charge in [-0.1, -0.05) is 37.3 Å². The molecule has 2 unspecified atom stereocenters. The van der Waals surface area contributed by atoms with Gasteiger partial charge in [0.2, 0.25) is 0 Å². The topological polar surface area (TPSA) is 40.1 Å². The van der Waals surface area contributed by atoms with Crippen molar-refractivity contribution in [1.29, 1.82) is 0 Å². The van der Waals surface area contributed by atoms with E-state index in [-0.39, 0.29) is 0 Å². The van der Waals surface area contributed by atoms with Crippen LogP contribution in [0, 0.1) is 11.8 Å². The first kappa shape index (κ1) is 21.1. The van der Waals surface area contributed by atoms with Gasteiger partial charge in [-0.15, -0.1) is 0 Å². The van der Waals surface area contributed by atoms with Crippen molar-refractivity contribution in [1.82, 2.24) is 15.1 Å². The van der Waals surface area contributed by atoms with E-state index < -0.39 is 0 Å². The van der Waals surface area contributed by atoms with Crippen LogP contribution >= 0.6 is 0 Å². The van der Waals surface area contributed by atoms with Crippen LogP contribution in [-0.4, -0.2) is 75.8 Å². The number of methoxy groups -OCH3 is 1. The number of nitrogens with one attached hydrogen (secondary N) is 1. The number of benzene rings is 1. The third-order valence-electron chi connectivity index (χ3n) is 6.51. The van der Waals surface area contributed by atoms with E-state index in [1.807, 2.05) is 7.05 Å². The van der Waals surface area contributed by atoms with Gasteiger partial charge in [-0.05, 0) is 55.7 Å². The Morgan fingerprint density at radius 2 is 1.89 bits per heavy atom. The van der Waals surface area contributed by atoms with Crippen LogP contribution in [0.3, 0.4) is 0 Å². The largest absolute Gasteiger partial charge is 0.383 e. The van der Waals surface area contributed by atoms with Crippen molar-refractivity contribution in [2.24, 2.45) is 16.8 Å². The van der Waals surface area contributed by atoms with Crippen LogP contribution < -0.4 is 5.32 Å². The Hall–Kier alpha value is -1.59. The summed E-state index contributed by atoms with van der Waals surface area (Å²) in [6.45, 7) is 9.86. The van der Waals surface area contributed by atoms with Crippen molar-refractivity contribution in [3.8, 4) is 0 Å². The first-order valence-corrected chi connectivity index (χ1v) is 10.9. The molecule has 3 rings (SSSR count). The molecule has 2 heterocycles. The van der Waals surface area contributed by atoms with Crippen LogP contribution in [0.5, 0.6) is 0 Å². The van der Waals surface area contributed by atoms with Gasteiger partial charge in [-0.25, -0.2) is 0 Å². The Balaban J connectivity index is 1.44. The average Bonchev–Trinajstić information content (AvgIpc) is 2.74. The highest BCUT2D eigenvalue weighted by Crippen LogP contribution is 2.32. The van der Waals surface area contributed by atoms with Crippen LogP contribution in [-0.2, 0) is 4.74 Å². The SMILES string of the molecule is CN=C(NCC1CCN(CCOC)CC1)N1CCC(c2ccccc2)C(C)C1. The summed E-state index contributed by atoms with van der Waals surface area (Å²) in [7, 11) is 3.70. The number of likely N-dealkylation sites (tertiary alicyclic amines) is 2. The number of ether oxygens (including phenoxy) is 1. The molecular formula is C23H38N4O. The molecule has 28 heavy (non-hydrogen) atoms. The second-order valence-corrected chi connectivity index (χ2v) is 8.44. The zero-order valence-corrected chi connectivity index (χ0v) is 17.9. The van der Waals surface area contributed by atoms with E-state index in [0.29, 0.717) is 11.8 Å². The predicted octanol–water partition coefficient (Wildman–Crippen LogP) is 3.05. The number of hydrogen-bond acceptors (Lipinski definition) is 3. The lowest BCUT2D eigenvalue weighted by Gasteiger charge is -2.39. The summed E-state index contributed by atoms with van der Waals surface area (Å²) in [6, 6.07) is 11.0. The molecule has 5 heteroatoms. The fourth-order valence-electron chi connectivity index (χ4n) is 4.74. The molecule has 2 atom stereocenters. The number of rotatable bonds is 6. The fraction of sp³-hybridized carbons (Fsp3) is 0.696. The van der Waals surface area contributed by atoms with E-state index in [0.717, 1.165) is 44.7 Å². The summed E-state index contributed by atoms with van der Waals surface area (Å²) in [4.78, 5) is 9.56. The molecular weight excluding hydrogens is 348 g/mol. The maximum Gasteiger partial charge on any atom is 0.193 e. The normalized spacial score (nSPS) is 25.1. The van der Waals surface area contributed by atoms with Gasteiger partial charge in [0.15, 0.2) is 5.96 Å². The molecule has 1 aromatic carbocycles. The first-order valence-electron chi connectivity index (χ1n) is 10.9. The minimum Gasteiger partial charge on any atom is -0.383 e. The Morgan fingerprint density at radius 3 is 2.54 bits per heavy atom.